The Balaban J connectivity index is 1.50. The Labute approximate surface area is 180 Å². The lowest BCUT2D eigenvalue weighted by Crippen LogP contribution is -2.38. The van der Waals surface area contributed by atoms with Gasteiger partial charge in [0.2, 0.25) is 5.95 Å². The molecule has 5 rings (SSSR count). The van der Waals surface area contributed by atoms with Crippen LogP contribution in [0.1, 0.15) is 11.4 Å². The SMILES string of the molecule is Cc1ccccc1-n1c(SCc2nc3ccsc3c(=O)[nH]2)nnc1N1CCOCC1. The highest BCUT2D eigenvalue weighted by Gasteiger charge is 2.22. The Kier molecular flexibility index (Phi) is 5.28. The van der Waals surface area contributed by atoms with Crippen molar-refractivity contribution in [2.75, 3.05) is 31.2 Å². The zero-order valence-corrected chi connectivity index (χ0v) is 18.0. The molecule has 0 unspecified atom stereocenters. The zero-order chi connectivity index (χ0) is 20.5. The van der Waals surface area contributed by atoms with Crippen LogP contribution in [-0.2, 0) is 10.5 Å². The number of thioether (sulfide) groups is 1. The summed E-state index contributed by atoms with van der Waals surface area (Å²) in [4.78, 5) is 21.9. The zero-order valence-electron chi connectivity index (χ0n) is 16.4. The Morgan fingerprint density at radius 3 is 2.87 bits per heavy atom. The number of benzene rings is 1. The first-order valence-corrected chi connectivity index (χ1v) is 11.5. The largest absolute Gasteiger partial charge is 0.378 e. The summed E-state index contributed by atoms with van der Waals surface area (Å²) in [5.41, 5.74) is 2.81. The molecular weight excluding hydrogens is 420 g/mol. The average molecular weight is 441 g/mol. The molecule has 30 heavy (non-hydrogen) atoms. The van der Waals surface area contributed by atoms with Gasteiger partial charge in [-0.1, -0.05) is 30.0 Å². The molecule has 1 aromatic carbocycles. The van der Waals surface area contributed by atoms with E-state index in [4.69, 9.17) is 4.74 Å². The average Bonchev–Trinajstić information content (AvgIpc) is 3.40. The summed E-state index contributed by atoms with van der Waals surface area (Å²) in [6.45, 7) is 4.98. The van der Waals surface area contributed by atoms with E-state index >= 15 is 0 Å². The number of aromatic nitrogens is 5. The fourth-order valence-corrected chi connectivity index (χ4v) is 5.01. The van der Waals surface area contributed by atoms with Crippen LogP contribution in [0.15, 0.2) is 45.7 Å². The van der Waals surface area contributed by atoms with Crippen molar-refractivity contribution in [1.29, 1.82) is 0 Å². The van der Waals surface area contributed by atoms with Gasteiger partial charge in [-0.2, -0.15) is 0 Å². The Hall–Kier alpha value is -2.69. The molecule has 0 spiro atoms. The lowest BCUT2D eigenvalue weighted by molar-refractivity contribution is 0.122. The predicted octanol–water partition coefficient (Wildman–Crippen LogP) is 3.00. The molecule has 1 aliphatic rings. The summed E-state index contributed by atoms with van der Waals surface area (Å²) in [6, 6.07) is 10.1. The highest BCUT2D eigenvalue weighted by atomic mass is 32.2. The number of morpholine rings is 1. The molecule has 1 N–H and O–H groups in total. The van der Waals surface area contributed by atoms with Crippen LogP contribution in [-0.4, -0.2) is 51.0 Å². The van der Waals surface area contributed by atoms with Crippen molar-refractivity contribution in [2.24, 2.45) is 0 Å². The van der Waals surface area contributed by atoms with E-state index in [2.05, 4.69) is 48.7 Å². The van der Waals surface area contributed by atoms with Crippen LogP contribution < -0.4 is 10.5 Å². The number of para-hydroxylation sites is 1. The third-order valence-electron chi connectivity index (χ3n) is 4.97. The summed E-state index contributed by atoms with van der Waals surface area (Å²) >= 11 is 2.91. The number of nitrogens with zero attached hydrogens (tertiary/aromatic N) is 5. The van der Waals surface area contributed by atoms with Crippen LogP contribution in [0.4, 0.5) is 5.95 Å². The van der Waals surface area contributed by atoms with Gasteiger partial charge < -0.3 is 14.6 Å². The van der Waals surface area contributed by atoms with Crippen LogP contribution in [0.3, 0.4) is 0 Å². The second kappa shape index (κ2) is 8.21. The van der Waals surface area contributed by atoms with E-state index in [1.807, 2.05) is 23.6 Å². The number of anilines is 1. The third-order valence-corrected chi connectivity index (χ3v) is 6.81. The smallest absolute Gasteiger partial charge is 0.268 e. The van der Waals surface area contributed by atoms with E-state index in [1.165, 1.54) is 23.1 Å². The van der Waals surface area contributed by atoms with Gasteiger partial charge in [-0.05, 0) is 30.0 Å². The molecular formula is C20H20N6O2S2. The fraction of sp³-hybridized carbons (Fsp3) is 0.300. The maximum atomic E-state index is 12.3. The molecule has 4 aromatic rings. The monoisotopic (exact) mass is 440 g/mol. The quantitative estimate of drug-likeness (QED) is 0.477. The molecule has 10 heteroatoms. The van der Waals surface area contributed by atoms with Crippen LogP contribution in [0, 0.1) is 6.92 Å². The molecule has 0 bridgehead atoms. The molecule has 0 radical (unpaired) electrons. The summed E-state index contributed by atoms with van der Waals surface area (Å²) in [7, 11) is 0. The summed E-state index contributed by atoms with van der Waals surface area (Å²) < 4.78 is 8.24. The highest BCUT2D eigenvalue weighted by molar-refractivity contribution is 7.98. The lowest BCUT2D eigenvalue weighted by atomic mass is 10.2. The van der Waals surface area contributed by atoms with Crippen LogP contribution in [0.2, 0.25) is 0 Å². The summed E-state index contributed by atoms with van der Waals surface area (Å²) in [5.74, 6) is 1.93. The lowest BCUT2D eigenvalue weighted by Gasteiger charge is -2.28. The van der Waals surface area contributed by atoms with Gasteiger partial charge in [-0.15, -0.1) is 21.5 Å². The standard InChI is InChI=1S/C20H20N6O2S2/c1-13-4-2-3-5-15(13)26-19(25-7-9-28-10-8-25)23-24-20(26)30-12-16-21-14-6-11-29-17(14)18(27)22-16/h2-6,11H,7-10,12H2,1H3,(H,21,22,27). The second-order valence-corrected chi connectivity index (χ2v) is 8.80. The number of fused-ring (bicyclic) bond motifs is 1. The first kappa shape index (κ1) is 19.3. The van der Waals surface area contributed by atoms with Gasteiger partial charge in [-0.3, -0.25) is 9.36 Å². The number of rotatable bonds is 5. The van der Waals surface area contributed by atoms with Gasteiger partial charge in [-0.25, -0.2) is 4.98 Å². The van der Waals surface area contributed by atoms with E-state index in [0.717, 1.165) is 41.0 Å². The minimum atomic E-state index is -0.0972. The van der Waals surface area contributed by atoms with Crippen molar-refractivity contribution < 1.29 is 4.74 Å². The first-order chi connectivity index (χ1) is 14.7. The van der Waals surface area contributed by atoms with Gasteiger partial charge in [0.05, 0.1) is 30.2 Å². The van der Waals surface area contributed by atoms with Crippen molar-refractivity contribution in [2.45, 2.75) is 17.8 Å². The van der Waals surface area contributed by atoms with Gasteiger partial charge in [0, 0.05) is 13.1 Å². The Morgan fingerprint density at radius 1 is 1.20 bits per heavy atom. The molecule has 3 aromatic heterocycles. The van der Waals surface area contributed by atoms with E-state index in [0.29, 0.717) is 29.5 Å². The van der Waals surface area contributed by atoms with Crippen LogP contribution in [0.25, 0.3) is 15.9 Å². The summed E-state index contributed by atoms with van der Waals surface area (Å²) in [6.07, 6.45) is 0. The molecule has 1 saturated heterocycles. The Bertz CT molecular complexity index is 1240. The predicted molar refractivity (Wildman–Crippen MR) is 119 cm³/mol. The number of thiophene rings is 1. The van der Waals surface area contributed by atoms with Crippen molar-refractivity contribution in [1.82, 2.24) is 24.7 Å². The van der Waals surface area contributed by atoms with E-state index < -0.39 is 0 Å². The molecule has 0 aliphatic carbocycles. The maximum Gasteiger partial charge on any atom is 0.268 e. The molecule has 4 heterocycles. The van der Waals surface area contributed by atoms with Gasteiger partial charge in [0.25, 0.3) is 5.56 Å². The van der Waals surface area contributed by atoms with Crippen molar-refractivity contribution in [3.8, 4) is 5.69 Å². The van der Waals surface area contributed by atoms with Gasteiger partial charge >= 0.3 is 0 Å². The van der Waals surface area contributed by atoms with Crippen molar-refractivity contribution in [3.63, 3.8) is 0 Å². The number of ether oxygens (including phenoxy) is 1. The number of aryl methyl sites for hydroxylation is 1. The number of hydrogen-bond donors (Lipinski definition) is 1. The normalized spacial score (nSPS) is 14.5. The highest BCUT2D eigenvalue weighted by Crippen LogP contribution is 2.30. The molecule has 1 aliphatic heterocycles. The van der Waals surface area contributed by atoms with Crippen molar-refractivity contribution >= 4 is 39.3 Å². The van der Waals surface area contributed by atoms with E-state index in [-0.39, 0.29) is 5.56 Å². The topological polar surface area (TPSA) is 88.9 Å². The number of nitrogens with one attached hydrogen (secondary N) is 1. The molecule has 8 nitrogen and oxygen atoms in total. The number of aromatic amines is 1. The van der Waals surface area contributed by atoms with Crippen molar-refractivity contribution in [3.05, 3.63) is 57.5 Å². The molecule has 0 saturated carbocycles. The Morgan fingerprint density at radius 2 is 2.03 bits per heavy atom. The second-order valence-electron chi connectivity index (χ2n) is 6.94. The maximum absolute atomic E-state index is 12.3. The molecule has 1 fully saturated rings. The molecule has 0 amide bonds. The van der Waals surface area contributed by atoms with E-state index in [1.54, 1.807) is 0 Å². The minimum absolute atomic E-state index is 0.0972. The third kappa shape index (κ3) is 3.62. The minimum Gasteiger partial charge on any atom is -0.378 e. The number of H-pyrrole nitrogens is 1. The fourth-order valence-electron chi connectivity index (χ4n) is 3.47. The summed E-state index contributed by atoms with van der Waals surface area (Å²) in [5, 5.41) is 11.6. The van der Waals surface area contributed by atoms with E-state index in [9.17, 15) is 4.79 Å². The van der Waals surface area contributed by atoms with Gasteiger partial charge in [0.1, 0.15) is 10.5 Å². The van der Waals surface area contributed by atoms with Crippen LogP contribution >= 0.6 is 23.1 Å². The first-order valence-electron chi connectivity index (χ1n) is 9.64. The molecule has 0 atom stereocenters. The number of hydrogen-bond acceptors (Lipinski definition) is 8. The molecule has 154 valence electrons. The van der Waals surface area contributed by atoms with Gasteiger partial charge in [0.15, 0.2) is 5.16 Å². The van der Waals surface area contributed by atoms with Crippen LogP contribution in [0.5, 0.6) is 0 Å².